The Morgan fingerprint density at radius 2 is 2.08 bits per heavy atom. The number of hydrogen-bond acceptors (Lipinski definition) is 9. The fourth-order valence-corrected chi connectivity index (χ4v) is 10.5. The van der Waals surface area contributed by atoms with E-state index < -0.39 is 21.7 Å². The van der Waals surface area contributed by atoms with Crippen LogP contribution in [-0.2, 0) is 38.3 Å². The van der Waals surface area contributed by atoms with Crippen molar-refractivity contribution in [1.82, 2.24) is 14.5 Å². The van der Waals surface area contributed by atoms with Crippen LogP contribution in [0.5, 0.6) is 11.6 Å². The second-order valence-electron chi connectivity index (χ2n) is 14.9. The van der Waals surface area contributed by atoms with E-state index in [0.717, 1.165) is 44.1 Å². The Hall–Kier alpha value is -4.20. The minimum absolute atomic E-state index is 0.0152. The number of nitrogens with one attached hydrogen (secondary N) is 1. The van der Waals surface area contributed by atoms with Gasteiger partial charge in [-0.05, 0) is 97.7 Å². The van der Waals surface area contributed by atoms with Crippen molar-refractivity contribution >= 4 is 45.3 Å². The first-order valence-electron chi connectivity index (χ1n) is 18.2. The SMILES string of the molecule is COc1nn(C)cc1C(=O)N[S@@]1(=O)=NC(=O)c2ccc3c(c2)N(C[C@@H]2CC[C@H]2[C@@H](OCC=O)/C=C/C[C@H](C)C1)C[C@@]1(CCCc2cc(Cl)ccc21)CO3. The Morgan fingerprint density at radius 1 is 1.23 bits per heavy atom. The van der Waals surface area contributed by atoms with Crippen LogP contribution in [0.15, 0.2) is 59.1 Å². The third kappa shape index (κ3) is 7.74. The number of fused-ring (bicyclic) bond motifs is 4. The van der Waals surface area contributed by atoms with E-state index in [2.05, 4.69) is 31.2 Å². The number of halogens is 1. The van der Waals surface area contributed by atoms with Crippen molar-refractivity contribution in [3.05, 3.63) is 82.0 Å². The Labute approximate surface area is 315 Å². The molecule has 14 heteroatoms. The number of hydrogen-bond donors (Lipinski definition) is 1. The Bertz CT molecular complexity index is 2060. The summed E-state index contributed by atoms with van der Waals surface area (Å²) in [5.41, 5.74) is 3.21. The van der Waals surface area contributed by atoms with E-state index in [9.17, 15) is 18.6 Å². The van der Waals surface area contributed by atoms with Crippen molar-refractivity contribution in [2.45, 2.75) is 57.0 Å². The summed E-state index contributed by atoms with van der Waals surface area (Å²) in [5.74, 6) is -0.602. The van der Waals surface area contributed by atoms with Crippen molar-refractivity contribution in [2.75, 3.05) is 44.1 Å². The maximum atomic E-state index is 14.6. The number of aldehydes is 1. The van der Waals surface area contributed by atoms with Gasteiger partial charge in [0, 0.05) is 42.3 Å². The van der Waals surface area contributed by atoms with Crippen LogP contribution in [-0.4, -0.2) is 77.4 Å². The van der Waals surface area contributed by atoms with Gasteiger partial charge in [0.05, 0.1) is 31.3 Å². The Balaban J connectivity index is 1.31. The maximum Gasteiger partial charge on any atom is 0.286 e. The lowest BCUT2D eigenvalue weighted by Gasteiger charge is -2.46. The predicted molar refractivity (Wildman–Crippen MR) is 202 cm³/mol. The van der Waals surface area contributed by atoms with Gasteiger partial charge in [-0.15, -0.1) is 9.46 Å². The molecule has 1 N–H and O–H groups in total. The summed E-state index contributed by atoms with van der Waals surface area (Å²) in [6.45, 7) is 3.67. The Morgan fingerprint density at radius 3 is 2.85 bits per heavy atom. The molecule has 1 spiro atoms. The zero-order chi connectivity index (χ0) is 37.3. The van der Waals surface area contributed by atoms with E-state index in [0.29, 0.717) is 36.9 Å². The van der Waals surface area contributed by atoms with Crippen molar-refractivity contribution < 1.29 is 32.8 Å². The van der Waals surface area contributed by atoms with E-state index in [4.69, 9.17) is 25.8 Å². The predicted octanol–water partition coefficient (Wildman–Crippen LogP) is 5.71. The third-order valence-electron chi connectivity index (χ3n) is 11.1. The molecule has 7 rings (SSSR count). The number of aromatic nitrogens is 2. The molecular formula is C39H46ClN5O7S. The summed E-state index contributed by atoms with van der Waals surface area (Å²) in [7, 11) is -0.618. The van der Waals surface area contributed by atoms with Crippen LogP contribution in [0.1, 0.15) is 70.9 Å². The number of aryl methyl sites for hydroxylation is 2. The lowest BCUT2D eigenvalue weighted by molar-refractivity contribution is -0.115. The van der Waals surface area contributed by atoms with Crippen molar-refractivity contribution in [1.29, 1.82) is 0 Å². The molecule has 0 saturated heterocycles. The fraction of sp³-hybridized carbons (Fsp3) is 0.487. The molecule has 1 saturated carbocycles. The molecule has 1 fully saturated rings. The number of carbonyl (C=O) groups excluding carboxylic acids is 3. The van der Waals surface area contributed by atoms with Gasteiger partial charge < -0.3 is 23.9 Å². The molecule has 282 valence electrons. The average molecular weight is 764 g/mol. The molecule has 2 bridgehead atoms. The fourth-order valence-electron chi connectivity index (χ4n) is 8.42. The number of rotatable bonds is 6. The van der Waals surface area contributed by atoms with Gasteiger partial charge in [0.2, 0.25) is 5.88 Å². The molecule has 2 aromatic carbocycles. The lowest BCUT2D eigenvalue weighted by atomic mass is 9.68. The number of methoxy groups -OCH3 is 1. The second kappa shape index (κ2) is 15.3. The molecule has 0 radical (unpaired) electrons. The highest BCUT2D eigenvalue weighted by Gasteiger charge is 2.44. The molecule has 0 unspecified atom stereocenters. The summed E-state index contributed by atoms with van der Waals surface area (Å²) in [6.07, 6.45) is 11.2. The summed E-state index contributed by atoms with van der Waals surface area (Å²) in [4.78, 5) is 41.3. The van der Waals surface area contributed by atoms with Crippen LogP contribution in [0.3, 0.4) is 0 Å². The molecule has 2 amide bonds. The van der Waals surface area contributed by atoms with Crippen LogP contribution in [0, 0.1) is 17.8 Å². The van der Waals surface area contributed by atoms with E-state index in [1.807, 2.05) is 25.1 Å². The molecule has 1 aromatic heterocycles. The lowest BCUT2D eigenvalue weighted by Crippen LogP contribution is -2.49. The summed E-state index contributed by atoms with van der Waals surface area (Å²) in [5, 5.41) is 4.85. The van der Waals surface area contributed by atoms with Gasteiger partial charge in [-0.2, -0.15) is 0 Å². The van der Waals surface area contributed by atoms with E-state index >= 15 is 0 Å². The van der Waals surface area contributed by atoms with Gasteiger partial charge in [-0.1, -0.05) is 36.7 Å². The molecule has 2 aliphatic heterocycles. The molecule has 12 nitrogen and oxygen atoms in total. The maximum absolute atomic E-state index is 14.6. The van der Waals surface area contributed by atoms with Crippen LogP contribution in [0.2, 0.25) is 5.02 Å². The number of allylic oxidation sites excluding steroid dienone is 1. The van der Waals surface area contributed by atoms with Crippen molar-refractivity contribution in [3.8, 4) is 11.6 Å². The average Bonchev–Trinajstić information content (AvgIpc) is 3.43. The van der Waals surface area contributed by atoms with Gasteiger partial charge >= 0.3 is 0 Å². The quantitative estimate of drug-likeness (QED) is 0.247. The first-order valence-corrected chi connectivity index (χ1v) is 20.3. The number of amides is 2. The van der Waals surface area contributed by atoms with Crippen LogP contribution < -0.4 is 19.1 Å². The van der Waals surface area contributed by atoms with Gasteiger partial charge in [0.25, 0.3) is 11.8 Å². The van der Waals surface area contributed by atoms with E-state index in [1.165, 1.54) is 29.1 Å². The van der Waals surface area contributed by atoms with Crippen LogP contribution in [0.4, 0.5) is 5.69 Å². The molecule has 2 aliphatic carbocycles. The highest BCUT2D eigenvalue weighted by atomic mass is 35.5. The molecule has 3 aromatic rings. The third-order valence-corrected chi connectivity index (χ3v) is 13.3. The minimum atomic E-state index is -3.65. The molecule has 3 heterocycles. The molecule has 4 aliphatic rings. The number of carbonyl (C=O) groups is 3. The minimum Gasteiger partial charge on any atom is -0.490 e. The van der Waals surface area contributed by atoms with Crippen molar-refractivity contribution in [2.24, 2.45) is 29.2 Å². The number of nitrogens with zero attached hydrogens (tertiary/aromatic N) is 4. The zero-order valence-corrected chi connectivity index (χ0v) is 31.9. The standard InChI is InChI=1S/C39H46ClN5O7S/c1-25-6-4-8-34(51-17-16-46)30-12-9-28(30)20-45-23-39(15-5-7-26-18-29(40)11-13-32(26)39)24-52-35-14-10-27(19-33(35)45)36(47)42-53(49,22-25)43-37(48)31-21-44(2)41-38(31)50-3/h4,8,10-11,13-14,16,18-19,21,25,28,30,34H,5-7,9,12,15,17,20,22-24H2,1-3H3,(H,42,43,47,48,49)/b8-4+/t25-,28-,30+,34-,39-,53-/m0/s1. The molecular weight excluding hydrogens is 718 g/mol. The van der Waals surface area contributed by atoms with Gasteiger partial charge in [0.1, 0.15) is 34.1 Å². The molecule has 6 atom stereocenters. The van der Waals surface area contributed by atoms with Gasteiger partial charge in [0.15, 0.2) is 0 Å². The number of anilines is 1. The molecule has 53 heavy (non-hydrogen) atoms. The van der Waals surface area contributed by atoms with E-state index in [1.54, 1.807) is 25.2 Å². The van der Waals surface area contributed by atoms with Gasteiger partial charge in [-0.3, -0.25) is 19.0 Å². The van der Waals surface area contributed by atoms with Crippen molar-refractivity contribution in [3.63, 3.8) is 0 Å². The van der Waals surface area contributed by atoms with Crippen LogP contribution in [0.25, 0.3) is 0 Å². The second-order valence-corrected chi connectivity index (χ2v) is 17.3. The van der Waals surface area contributed by atoms with Gasteiger partial charge in [-0.25, -0.2) is 4.21 Å². The van der Waals surface area contributed by atoms with Crippen LogP contribution >= 0.6 is 11.6 Å². The highest BCUT2D eigenvalue weighted by molar-refractivity contribution is 7.92. The number of benzene rings is 2. The Kier molecular flexibility index (Phi) is 10.7. The highest BCUT2D eigenvalue weighted by Crippen LogP contribution is 2.47. The normalized spacial score (nSPS) is 29.0. The summed E-state index contributed by atoms with van der Waals surface area (Å²) >= 11 is 6.45. The smallest absolute Gasteiger partial charge is 0.286 e. The van der Waals surface area contributed by atoms with E-state index in [-0.39, 0.29) is 58.6 Å². The largest absolute Gasteiger partial charge is 0.490 e. The zero-order valence-electron chi connectivity index (χ0n) is 30.3. The first kappa shape index (κ1) is 37.1. The monoisotopic (exact) mass is 763 g/mol. The first-order chi connectivity index (χ1) is 25.5. The number of ether oxygens (including phenoxy) is 3. The topological polar surface area (TPSA) is 141 Å². The summed E-state index contributed by atoms with van der Waals surface area (Å²) in [6, 6.07) is 11.4. The summed E-state index contributed by atoms with van der Waals surface area (Å²) < 4.78 is 40.9.